The minimum Gasteiger partial charge on any atom is -0.456 e. The van der Waals surface area contributed by atoms with E-state index in [0.717, 1.165) is 22.3 Å². The van der Waals surface area contributed by atoms with Gasteiger partial charge in [-0.1, -0.05) is 36.4 Å². The summed E-state index contributed by atoms with van der Waals surface area (Å²) in [7, 11) is 3.45. The van der Waals surface area contributed by atoms with Crippen LogP contribution in [-0.4, -0.2) is 14.2 Å². The second-order valence-electron chi connectivity index (χ2n) is 6.96. The highest BCUT2D eigenvalue weighted by Crippen LogP contribution is 2.39. The van der Waals surface area contributed by atoms with Crippen molar-refractivity contribution in [1.82, 2.24) is 0 Å². The van der Waals surface area contributed by atoms with Crippen molar-refractivity contribution in [3.63, 3.8) is 0 Å². The summed E-state index contributed by atoms with van der Waals surface area (Å²) in [6.45, 7) is 1.20. The quantitative estimate of drug-likeness (QED) is 0.385. The van der Waals surface area contributed by atoms with Crippen LogP contribution in [0.15, 0.2) is 65.1 Å². The molecule has 134 valence electrons. The van der Waals surface area contributed by atoms with Gasteiger partial charge in [0.1, 0.15) is 11.2 Å². The van der Waals surface area contributed by atoms with Crippen molar-refractivity contribution in [2.45, 2.75) is 13.2 Å². The van der Waals surface area contributed by atoms with Crippen molar-refractivity contribution in [3.05, 3.63) is 71.8 Å². The molecule has 0 radical (unpaired) electrons. The average molecular weight is 356 g/mol. The Morgan fingerprint density at radius 2 is 1.07 bits per heavy atom. The maximum absolute atomic E-state index is 6.21. The Morgan fingerprint density at radius 3 is 1.52 bits per heavy atom. The first-order chi connectivity index (χ1) is 13.3. The predicted molar refractivity (Wildman–Crippen MR) is 110 cm³/mol. The molecule has 3 nitrogen and oxygen atoms in total. The average Bonchev–Trinajstić information content (AvgIpc) is 3.08. The zero-order valence-electron chi connectivity index (χ0n) is 15.4. The van der Waals surface area contributed by atoms with Crippen molar-refractivity contribution in [2.24, 2.45) is 0 Å². The second-order valence-corrected chi connectivity index (χ2v) is 6.96. The van der Waals surface area contributed by atoms with E-state index in [1.807, 2.05) is 0 Å². The highest BCUT2D eigenvalue weighted by atomic mass is 16.5. The molecule has 1 heterocycles. The van der Waals surface area contributed by atoms with E-state index in [1.54, 1.807) is 14.2 Å². The smallest absolute Gasteiger partial charge is 0.136 e. The molecule has 1 aromatic heterocycles. The molecule has 5 aromatic rings. The SMILES string of the molecule is COCc1ccc2ccc3oc4ccc5ccc(COC)cc5c4c3c2c1. The number of rotatable bonds is 4. The van der Waals surface area contributed by atoms with Crippen molar-refractivity contribution in [3.8, 4) is 0 Å². The Morgan fingerprint density at radius 1 is 0.630 bits per heavy atom. The normalized spacial score (nSPS) is 11.9. The van der Waals surface area contributed by atoms with Gasteiger partial charge in [-0.05, 0) is 56.9 Å². The maximum atomic E-state index is 6.21. The van der Waals surface area contributed by atoms with E-state index in [2.05, 4.69) is 60.7 Å². The summed E-state index contributed by atoms with van der Waals surface area (Å²) < 4.78 is 16.9. The van der Waals surface area contributed by atoms with Gasteiger partial charge in [0.25, 0.3) is 0 Å². The van der Waals surface area contributed by atoms with Crippen LogP contribution in [0.4, 0.5) is 0 Å². The molecule has 27 heavy (non-hydrogen) atoms. The number of furan rings is 1. The van der Waals surface area contributed by atoms with Crippen molar-refractivity contribution in [2.75, 3.05) is 14.2 Å². The lowest BCUT2D eigenvalue weighted by Crippen LogP contribution is -1.88. The van der Waals surface area contributed by atoms with E-state index in [4.69, 9.17) is 13.9 Å². The van der Waals surface area contributed by atoms with Gasteiger partial charge in [0.15, 0.2) is 0 Å². The molecule has 0 saturated carbocycles. The Balaban J connectivity index is 1.94. The van der Waals surface area contributed by atoms with E-state index in [0.29, 0.717) is 13.2 Å². The summed E-state index contributed by atoms with van der Waals surface area (Å²) in [6.07, 6.45) is 0. The number of methoxy groups -OCH3 is 2. The molecule has 0 N–H and O–H groups in total. The third-order valence-corrected chi connectivity index (χ3v) is 5.19. The molecule has 0 amide bonds. The van der Waals surface area contributed by atoms with Gasteiger partial charge in [-0.25, -0.2) is 0 Å². The van der Waals surface area contributed by atoms with Crippen molar-refractivity contribution in [1.29, 1.82) is 0 Å². The summed E-state index contributed by atoms with van der Waals surface area (Å²) >= 11 is 0. The van der Waals surface area contributed by atoms with Crippen LogP contribution in [0.1, 0.15) is 11.1 Å². The molecule has 0 bridgehead atoms. The molecule has 0 aliphatic carbocycles. The minimum absolute atomic E-state index is 0.598. The van der Waals surface area contributed by atoms with Gasteiger partial charge in [0.2, 0.25) is 0 Å². The van der Waals surface area contributed by atoms with Gasteiger partial charge in [-0.3, -0.25) is 0 Å². The fraction of sp³-hybridized carbons (Fsp3) is 0.167. The number of ether oxygens (including phenoxy) is 2. The Labute approximate surface area is 157 Å². The van der Waals surface area contributed by atoms with Gasteiger partial charge in [-0.15, -0.1) is 0 Å². The van der Waals surface area contributed by atoms with E-state index < -0.39 is 0 Å². The monoisotopic (exact) mass is 356 g/mol. The molecule has 0 fully saturated rings. The maximum Gasteiger partial charge on any atom is 0.136 e. The lowest BCUT2D eigenvalue weighted by atomic mass is 9.97. The topological polar surface area (TPSA) is 31.6 Å². The third kappa shape index (κ3) is 2.59. The highest BCUT2D eigenvalue weighted by molar-refractivity contribution is 6.26. The van der Waals surface area contributed by atoms with E-state index in [1.165, 1.54) is 32.3 Å². The van der Waals surface area contributed by atoms with Crippen molar-refractivity contribution >= 4 is 43.5 Å². The van der Waals surface area contributed by atoms with Gasteiger partial charge >= 0.3 is 0 Å². The summed E-state index contributed by atoms with van der Waals surface area (Å²) in [5, 5.41) is 7.14. The van der Waals surface area contributed by atoms with Crippen molar-refractivity contribution < 1.29 is 13.9 Å². The largest absolute Gasteiger partial charge is 0.456 e. The van der Waals surface area contributed by atoms with Crippen LogP contribution in [0.3, 0.4) is 0 Å². The standard InChI is InChI=1S/C24H20O3/c1-25-13-15-3-5-17-7-9-21-23(19(17)11-15)24-20-12-16(14-26-2)4-6-18(20)8-10-22(24)27-21/h3-12H,13-14H2,1-2H3. The predicted octanol–water partition coefficient (Wildman–Crippen LogP) is 6.19. The minimum atomic E-state index is 0.598. The van der Waals surface area contributed by atoms with Crippen LogP contribution in [0.2, 0.25) is 0 Å². The van der Waals surface area contributed by atoms with E-state index in [-0.39, 0.29) is 0 Å². The summed E-state index contributed by atoms with van der Waals surface area (Å²) in [5.74, 6) is 0. The van der Waals surface area contributed by atoms with Crippen LogP contribution in [-0.2, 0) is 22.7 Å². The first-order valence-corrected chi connectivity index (χ1v) is 9.06. The third-order valence-electron chi connectivity index (χ3n) is 5.19. The molecule has 0 aliphatic rings. The first-order valence-electron chi connectivity index (χ1n) is 9.06. The summed E-state index contributed by atoms with van der Waals surface area (Å²) in [4.78, 5) is 0. The summed E-state index contributed by atoms with van der Waals surface area (Å²) in [5.41, 5.74) is 4.15. The molecule has 0 atom stereocenters. The Hall–Kier alpha value is -2.88. The van der Waals surface area contributed by atoms with Gasteiger partial charge in [0, 0.05) is 25.0 Å². The lowest BCUT2D eigenvalue weighted by Gasteiger charge is -2.06. The molecule has 5 rings (SSSR count). The zero-order valence-corrected chi connectivity index (χ0v) is 15.4. The van der Waals surface area contributed by atoms with Crippen LogP contribution in [0.25, 0.3) is 43.5 Å². The molecule has 0 spiro atoms. The van der Waals surface area contributed by atoms with E-state index in [9.17, 15) is 0 Å². The summed E-state index contributed by atoms with van der Waals surface area (Å²) in [6, 6.07) is 21.4. The number of hydrogen-bond donors (Lipinski definition) is 0. The lowest BCUT2D eigenvalue weighted by molar-refractivity contribution is 0.185. The number of benzene rings is 4. The Bertz CT molecular complexity index is 1200. The molecule has 3 heteroatoms. The molecular formula is C24H20O3. The fourth-order valence-corrected chi connectivity index (χ4v) is 4.01. The highest BCUT2D eigenvalue weighted by Gasteiger charge is 2.14. The second kappa shape index (κ2) is 6.38. The molecule has 4 aromatic carbocycles. The van der Waals surface area contributed by atoms with Gasteiger partial charge < -0.3 is 13.9 Å². The van der Waals surface area contributed by atoms with Gasteiger partial charge in [-0.2, -0.15) is 0 Å². The molecular weight excluding hydrogens is 336 g/mol. The fourth-order valence-electron chi connectivity index (χ4n) is 4.01. The Kier molecular flexibility index (Phi) is 3.85. The molecule has 0 unspecified atom stereocenters. The first kappa shape index (κ1) is 16.3. The van der Waals surface area contributed by atoms with Crippen LogP contribution >= 0.6 is 0 Å². The van der Waals surface area contributed by atoms with E-state index >= 15 is 0 Å². The van der Waals surface area contributed by atoms with Crippen LogP contribution in [0, 0.1) is 0 Å². The van der Waals surface area contributed by atoms with Crippen LogP contribution < -0.4 is 0 Å². The molecule has 0 aliphatic heterocycles. The number of hydrogen-bond acceptors (Lipinski definition) is 3. The zero-order chi connectivity index (χ0) is 18.4. The van der Waals surface area contributed by atoms with Gasteiger partial charge in [0.05, 0.1) is 13.2 Å². The van der Waals surface area contributed by atoms with Crippen LogP contribution in [0.5, 0.6) is 0 Å². The molecule has 0 saturated heterocycles. The number of fused-ring (bicyclic) bond motifs is 7.